The number of aliphatic carboxylic acids is 1. The maximum Gasteiger partial charge on any atom is 0.305 e. The molecule has 1 unspecified atom stereocenters. The Morgan fingerprint density at radius 2 is 1.95 bits per heavy atom. The third-order valence-electron chi connectivity index (χ3n) is 4.31. The van der Waals surface area contributed by atoms with Crippen LogP contribution in [0.3, 0.4) is 0 Å². The maximum atomic E-state index is 12.2. The molecule has 1 amide bonds. The van der Waals surface area contributed by atoms with Crippen LogP contribution in [0, 0.1) is 5.41 Å². The van der Waals surface area contributed by atoms with Gasteiger partial charge in [0.1, 0.15) is 0 Å². The summed E-state index contributed by atoms with van der Waals surface area (Å²) in [5.41, 5.74) is 5.82. The van der Waals surface area contributed by atoms with Crippen LogP contribution < -0.4 is 11.1 Å². The summed E-state index contributed by atoms with van der Waals surface area (Å²) in [5.74, 6) is -0.910. The lowest BCUT2D eigenvalue weighted by Gasteiger charge is -2.36. The van der Waals surface area contributed by atoms with Crippen molar-refractivity contribution in [3.8, 4) is 0 Å². The highest BCUT2D eigenvalue weighted by molar-refractivity contribution is 5.78. The van der Waals surface area contributed by atoms with Crippen molar-refractivity contribution in [1.82, 2.24) is 5.32 Å². The Balaban J connectivity index is 2.52. The van der Waals surface area contributed by atoms with Gasteiger partial charge in [0.2, 0.25) is 5.91 Å². The Bertz CT molecular complexity index is 325. The highest BCUT2D eigenvalue weighted by Gasteiger charge is 2.33. The lowest BCUT2D eigenvalue weighted by Crippen LogP contribution is -2.42. The standard InChI is InChI=1S/C15H28N2O3/c1-2-6-12(9-14(19)20)17-13(18)10-15(11-16)7-4-3-5-8-15/h12H,2-11,16H2,1H3,(H,17,18)(H,19,20). The van der Waals surface area contributed by atoms with Gasteiger partial charge in [-0.15, -0.1) is 0 Å². The molecular weight excluding hydrogens is 256 g/mol. The fraction of sp³-hybridized carbons (Fsp3) is 0.867. The van der Waals surface area contributed by atoms with E-state index in [1.54, 1.807) is 0 Å². The van der Waals surface area contributed by atoms with Crippen molar-refractivity contribution in [2.24, 2.45) is 11.1 Å². The molecule has 0 aromatic heterocycles. The predicted molar refractivity (Wildman–Crippen MR) is 78.3 cm³/mol. The molecule has 0 aromatic rings. The molecule has 5 nitrogen and oxygen atoms in total. The summed E-state index contributed by atoms with van der Waals surface area (Å²) < 4.78 is 0. The third kappa shape index (κ3) is 5.49. The summed E-state index contributed by atoms with van der Waals surface area (Å²) in [7, 11) is 0. The number of nitrogens with two attached hydrogens (primary N) is 1. The smallest absolute Gasteiger partial charge is 0.305 e. The van der Waals surface area contributed by atoms with Crippen molar-refractivity contribution < 1.29 is 14.7 Å². The molecule has 0 radical (unpaired) electrons. The summed E-state index contributed by atoms with van der Waals surface area (Å²) in [6.45, 7) is 2.53. The van der Waals surface area contributed by atoms with E-state index >= 15 is 0 Å². The fourth-order valence-corrected chi connectivity index (χ4v) is 3.16. The van der Waals surface area contributed by atoms with Gasteiger partial charge in [-0.25, -0.2) is 0 Å². The molecule has 1 rings (SSSR count). The zero-order chi connectivity index (χ0) is 15.0. The molecule has 116 valence electrons. The highest BCUT2D eigenvalue weighted by Crippen LogP contribution is 2.38. The number of carbonyl (C=O) groups is 2. The van der Waals surface area contributed by atoms with Gasteiger partial charge in [0.05, 0.1) is 6.42 Å². The minimum absolute atomic E-state index is 0.00476. The average Bonchev–Trinajstić information content (AvgIpc) is 2.39. The van der Waals surface area contributed by atoms with E-state index in [4.69, 9.17) is 10.8 Å². The first-order valence-corrected chi connectivity index (χ1v) is 7.72. The predicted octanol–water partition coefficient (Wildman–Crippen LogP) is 2.05. The van der Waals surface area contributed by atoms with Crippen LogP contribution in [0.1, 0.15) is 64.7 Å². The topological polar surface area (TPSA) is 92.4 Å². The van der Waals surface area contributed by atoms with Crippen LogP contribution in [0.2, 0.25) is 0 Å². The largest absolute Gasteiger partial charge is 0.481 e. The van der Waals surface area contributed by atoms with Gasteiger partial charge in [-0.1, -0.05) is 32.6 Å². The van der Waals surface area contributed by atoms with Crippen LogP contribution in [0.15, 0.2) is 0 Å². The van der Waals surface area contributed by atoms with Crippen molar-refractivity contribution in [3.63, 3.8) is 0 Å². The molecule has 1 aliphatic rings. The molecule has 1 atom stereocenters. The molecule has 1 fully saturated rings. The first kappa shape index (κ1) is 17.0. The molecule has 0 heterocycles. The Hall–Kier alpha value is -1.10. The van der Waals surface area contributed by atoms with Crippen LogP contribution in [0.25, 0.3) is 0 Å². The van der Waals surface area contributed by atoms with Gasteiger partial charge < -0.3 is 16.2 Å². The van der Waals surface area contributed by atoms with E-state index in [0.29, 0.717) is 19.4 Å². The summed E-state index contributed by atoms with van der Waals surface area (Å²) in [5, 5.41) is 11.8. The maximum absolute atomic E-state index is 12.2. The Morgan fingerprint density at radius 3 is 2.45 bits per heavy atom. The van der Waals surface area contributed by atoms with E-state index in [1.807, 2.05) is 6.92 Å². The third-order valence-corrected chi connectivity index (χ3v) is 4.31. The lowest BCUT2D eigenvalue weighted by molar-refractivity contribution is -0.137. The number of hydrogen-bond donors (Lipinski definition) is 3. The lowest BCUT2D eigenvalue weighted by atomic mass is 9.71. The minimum Gasteiger partial charge on any atom is -0.481 e. The molecular formula is C15H28N2O3. The molecule has 0 aliphatic heterocycles. The van der Waals surface area contributed by atoms with Gasteiger partial charge in [0.25, 0.3) is 0 Å². The molecule has 1 aliphatic carbocycles. The zero-order valence-electron chi connectivity index (χ0n) is 12.5. The van der Waals surface area contributed by atoms with E-state index < -0.39 is 5.97 Å². The number of hydrogen-bond acceptors (Lipinski definition) is 3. The molecule has 0 saturated heterocycles. The van der Waals surface area contributed by atoms with Gasteiger partial charge >= 0.3 is 5.97 Å². The van der Waals surface area contributed by atoms with E-state index in [1.165, 1.54) is 6.42 Å². The molecule has 0 aromatic carbocycles. The van der Waals surface area contributed by atoms with Crippen molar-refractivity contribution in [3.05, 3.63) is 0 Å². The molecule has 20 heavy (non-hydrogen) atoms. The number of carboxylic acids is 1. The quantitative estimate of drug-likeness (QED) is 0.636. The first-order valence-electron chi connectivity index (χ1n) is 7.72. The van der Waals surface area contributed by atoms with Crippen LogP contribution in [0.5, 0.6) is 0 Å². The SMILES string of the molecule is CCCC(CC(=O)O)NC(=O)CC1(CN)CCCCC1. The Kier molecular flexibility index (Phi) is 6.99. The summed E-state index contributed by atoms with van der Waals surface area (Å²) in [6, 6.07) is -0.261. The van der Waals surface area contributed by atoms with E-state index in [0.717, 1.165) is 32.1 Å². The fourth-order valence-electron chi connectivity index (χ4n) is 3.16. The van der Waals surface area contributed by atoms with E-state index in [-0.39, 0.29) is 23.8 Å². The number of carbonyl (C=O) groups excluding carboxylic acids is 1. The van der Waals surface area contributed by atoms with Gasteiger partial charge in [0, 0.05) is 12.5 Å². The summed E-state index contributed by atoms with van der Waals surface area (Å²) >= 11 is 0. The molecule has 4 N–H and O–H groups in total. The average molecular weight is 284 g/mol. The van der Waals surface area contributed by atoms with E-state index in [9.17, 15) is 9.59 Å². The monoisotopic (exact) mass is 284 g/mol. The van der Waals surface area contributed by atoms with Gasteiger partial charge in [-0.3, -0.25) is 9.59 Å². The van der Waals surface area contributed by atoms with E-state index in [2.05, 4.69) is 5.32 Å². The number of rotatable bonds is 8. The number of carboxylic acid groups (broad SMARTS) is 1. The van der Waals surface area contributed by atoms with Crippen LogP contribution in [-0.4, -0.2) is 29.6 Å². The molecule has 0 spiro atoms. The second kappa shape index (κ2) is 8.25. The second-order valence-corrected chi connectivity index (χ2v) is 6.09. The van der Waals surface area contributed by atoms with Crippen molar-refractivity contribution in [2.75, 3.05) is 6.54 Å². The van der Waals surface area contributed by atoms with Crippen molar-refractivity contribution >= 4 is 11.9 Å². The normalized spacial score (nSPS) is 19.3. The highest BCUT2D eigenvalue weighted by atomic mass is 16.4. The van der Waals surface area contributed by atoms with Crippen molar-refractivity contribution in [2.45, 2.75) is 70.8 Å². The number of nitrogens with one attached hydrogen (secondary N) is 1. The Labute approximate surface area is 121 Å². The summed E-state index contributed by atoms with van der Waals surface area (Å²) in [6.07, 6.45) is 7.51. The Morgan fingerprint density at radius 1 is 1.30 bits per heavy atom. The number of amides is 1. The first-order chi connectivity index (χ1) is 9.51. The van der Waals surface area contributed by atoms with Gasteiger partial charge in [0.15, 0.2) is 0 Å². The second-order valence-electron chi connectivity index (χ2n) is 6.09. The van der Waals surface area contributed by atoms with Gasteiger partial charge in [-0.2, -0.15) is 0 Å². The minimum atomic E-state index is -0.866. The van der Waals surface area contributed by atoms with Crippen LogP contribution in [0.4, 0.5) is 0 Å². The molecule has 5 heteroatoms. The molecule has 1 saturated carbocycles. The summed E-state index contributed by atoms with van der Waals surface area (Å²) in [4.78, 5) is 23.0. The van der Waals surface area contributed by atoms with Crippen LogP contribution >= 0.6 is 0 Å². The van der Waals surface area contributed by atoms with Crippen molar-refractivity contribution in [1.29, 1.82) is 0 Å². The molecule has 0 bridgehead atoms. The van der Waals surface area contributed by atoms with Crippen LogP contribution in [-0.2, 0) is 9.59 Å². The zero-order valence-corrected chi connectivity index (χ0v) is 12.5. The van der Waals surface area contributed by atoms with Gasteiger partial charge in [-0.05, 0) is 31.2 Å².